The summed E-state index contributed by atoms with van der Waals surface area (Å²) in [5, 5.41) is 8.38. The maximum atomic E-state index is 12.0. The first-order valence-electron chi connectivity index (χ1n) is 4.11. The summed E-state index contributed by atoms with van der Waals surface area (Å²) in [5.74, 6) is -0.687. The van der Waals surface area contributed by atoms with Crippen molar-refractivity contribution in [2.75, 3.05) is 0 Å². The molecule has 0 aliphatic rings. The van der Waals surface area contributed by atoms with E-state index in [9.17, 15) is 13.2 Å². The summed E-state index contributed by atoms with van der Waals surface area (Å²) in [6.07, 6.45) is -4.76. The molecule has 0 bridgehead atoms. The molecular weight excluding hydrogens is 307 g/mol. The van der Waals surface area contributed by atoms with Crippen molar-refractivity contribution in [2.45, 2.75) is 6.36 Å². The molecule has 94 valence electrons. The van der Waals surface area contributed by atoms with E-state index in [-0.39, 0.29) is 16.1 Å². The van der Waals surface area contributed by atoms with Gasteiger partial charge in [0, 0.05) is 0 Å². The summed E-state index contributed by atoms with van der Waals surface area (Å²) in [5.41, 5.74) is 6.99. The highest BCUT2D eigenvalue weighted by molar-refractivity contribution is 9.10. The molecule has 5 nitrogen and oxygen atoms in total. The molecule has 0 heterocycles. The number of hydroxylamine groups is 1. The first-order valence-corrected chi connectivity index (χ1v) is 4.90. The van der Waals surface area contributed by atoms with Crippen LogP contribution in [0.15, 0.2) is 27.7 Å². The van der Waals surface area contributed by atoms with E-state index < -0.39 is 12.1 Å². The Morgan fingerprint density at radius 2 is 2.12 bits per heavy atom. The van der Waals surface area contributed by atoms with Gasteiger partial charge < -0.3 is 10.5 Å². The van der Waals surface area contributed by atoms with Gasteiger partial charge in [-0.2, -0.15) is 0 Å². The zero-order valence-corrected chi connectivity index (χ0v) is 9.71. The maximum Gasteiger partial charge on any atom is 0.573 e. The summed E-state index contributed by atoms with van der Waals surface area (Å²) in [4.78, 5) is 3.64. The Bertz CT molecular complexity index is 437. The zero-order valence-electron chi connectivity index (χ0n) is 8.12. The normalized spacial score (nSPS) is 12.4. The first-order chi connectivity index (χ1) is 7.81. The van der Waals surface area contributed by atoms with Crippen molar-refractivity contribution in [3.63, 3.8) is 0 Å². The second kappa shape index (κ2) is 5.23. The van der Waals surface area contributed by atoms with Gasteiger partial charge in [-0.15, -0.1) is 13.2 Å². The second-order valence-electron chi connectivity index (χ2n) is 2.77. The highest BCUT2D eigenvalue weighted by Gasteiger charge is 2.31. The molecule has 17 heavy (non-hydrogen) atoms. The molecule has 0 aromatic heterocycles. The molecule has 0 aliphatic carbocycles. The molecule has 4 N–H and O–H groups in total. The number of nitrogens with zero attached hydrogens (tertiary/aromatic N) is 1. The van der Waals surface area contributed by atoms with Crippen molar-refractivity contribution in [1.82, 2.24) is 5.48 Å². The Labute approximate surface area is 102 Å². The Kier molecular flexibility index (Phi) is 4.18. The topological polar surface area (TPSA) is 79.9 Å². The minimum absolute atomic E-state index is 0.0572. The SMILES string of the molecule is NC(=Nc1ccc(OC(F)(F)F)c(Br)c1)NO. The van der Waals surface area contributed by atoms with Crippen molar-refractivity contribution in [3.8, 4) is 5.75 Å². The second-order valence-corrected chi connectivity index (χ2v) is 3.63. The van der Waals surface area contributed by atoms with Gasteiger partial charge in [-0.05, 0) is 34.1 Å². The van der Waals surface area contributed by atoms with Crippen LogP contribution in [-0.2, 0) is 0 Å². The largest absolute Gasteiger partial charge is 0.573 e. The summed E-state index contributed by atoms with van der Waals surface area (Å²) in [7, 11) is 0. The van der Waals surface area contributed by atoms with Crippen LogP contribution in [0.2, 0.25) is 0 Å². The van der Waals surface area contributed by atoms with Crippen molar-refractivity contribution in [2.24, 2.45) is 10.7 Å². The lowest BCUT2D eigenvalue weighted by atomic mass is 10.3. The summed E-state index contributed by atoms with van der Waals surface area (Å²) < 4.78 is 39.6. The standard InChI is InChI=1S/C8H7BrF3N3O2/c9-5-3-4(14-7(13)15-16)1-2-6(5)17-8(10,11)12/h1-3,16H,(H3,13,14,15). The minimum Gasteiger partial charge on any atom is -0.405 e. The lowest BCUT2D eigenvalue weighted by Crippen LogP contribution is -2.27. The minimum atomic E-state index is -4.76. The van der Waals surface area contributed by atoms with Gasteiger partial charge >= 0.3 is 6.36 Å². The fourth-order valence-electron chi connectivity index (χ4n) is 0.931. The van der Waals surface area contributed by atoms with E-state index in [1.807, 2.05) is 0 Å². The molecule has 1 aromatic carbocycles. The number of nitrogens with one attached hydrogen (secondary N) is 1. The number of nitrogens with two attached hydrogens (primary N) is 1. The van der Waals surface area contributed by atoms with Crippen LogP contribution in [0.4, 0.5) is 18.9 Å². The van der Waals surface area contributed by atoms with Crippen LogP contribution in [0.5, 0.6) is 5.75 Å². The lowest BCUT2D eigenvalue weighted by molar-refractivity contribution is -0.274. The van der Waals surface area contributed by atoms with Gasteiger partial charge in [-0.25, -0.2) is 10.5 Å². The molecule has 0 saturated carbocycles. The number of hydrogen-bond acceptors (Lipinski definition) is 3. The third-order valence-electron chi connectivity index (χ3n) is 1.51. The average molecular weight is 314 g/mol. The summed E-state index contributed by atoms with van der Waals surface area (Å²) in [6.45, 7) is 0. The Morgan fingerprint density at radius 1 is 1.47 bits per heavy atom. The molecule has 0 unspecified atom stereocenters. The summed E-state index contributed by atoms with van der Waals surface area (Å²) >= 11 is 2.89. The van der Waals surface area contributed by atoms with Crippen LogP contribution in [0.3, 0.4) is 0 Å². The van der Waals surface area contributed by atoms with Crippen LogP contribution in [-0.4, -0.2) is 17.5 Å². The van der Waals surface area contributed by atoms with Crippen molar-refractivity contribution in [1.29, 1.82) is 0 Å². The first kappa shape index (κ1) is 13.6. The van der Waals surface area contributed by atoms with Gasteiger partial charge in [0.05, 0.1) is 10.2 Å². The summed E-state index contributed by atoms with van der Waals surface area (Å²) in [6, 6.07) is 3.57. The van der Waals surface area contributed by atoms with Gasteiger partial charge in [-0.1, -0.05) is 0 Å². The van der Waals surface area contributed by atoms with E-state index in [1.165, 1.54) is 12.1 Å². The lowest BCUT2D eigenvalue weighted by Gasteiger charge is -2.10. The molecule has 0 amide bonds. The van der Waals surface area contributed by atoms with Gasteiger partial charge in [-0.3, -0.25) is 5.21 Å². The third-order valence-corrected chi connectivity index (χ3v) is 2.12. The van der Waals surface area contributed by atoms with E-state index in [2.05, 4.69) is 25.7 Å². The predicted molar refractivity (Wildman–Crippen MR) is 57.0 cm³/mol. The van der Waals surface area contributed by atoms with E-state index in [0.29, 0.717) is 0 Å². The molecular formula is C8H7BrF3N3O2. The van der Waals surface area contributed by atoms with Crippen LogP contribution in [0.1, 0.15) is 0 Å². The number of rotatable bonds is 2. The maximum absolute atomic E-state index is 12.0. The molecule has 0 fully saturated rings. The van der Waals surface area contributed by atoms with Gasteiger partial charge in [0.1, 0.15) is 5.75 Å². The smallest absolute Gasteiger partial charge is 0.405 e. The van der Waals surface area contributed by atoms with Crippen molar-refractivity contribution >= 4 is 27.6 Å². The average Bonchev–Trinajstić information content (AvgIpc) is 2.20. The molecule has 1 rings (SSSR count). The molecule has 9 heteroatoms. The quantitative estimate of drug-likeness (QED) is 0.444. The molecule has 0 spiro atoms. The van der Waals surface area contributed by atoms with Crippen LogP contribution in [0, 0.1) is 0 Å². The molecule has 0 aliphatic heterocycles. The molecule has 1 aromatic rings. The Morgan fingerprint density at radius 3 is 2.59 bits per heavy atom. The van der Waals surface area contributed by atoms with Gasteiger partial charge in [0.15, 0.2) is 0 Å². The van der Waals surface area contributed by atoms with Crippen molar-refractivity contribution in [3.05, 3.63) is 22.7 Å². The fraction of sp³-hybridized carbons (Fsp3) is 0.125. The number of ether oxygens (including phenoxy) is 1. The third kappa shape index (κ3) is 4.49. The monoisotopic (exact) mass is 313 g/mol. The van der Waals surface area contributed by atoms with Gasteiger partial charge in [0.25, 0.3) is 0 Å². The number of alkyl halides is 3. The number of halogens is 4. The van der Waals surface area contributed by atoms with Crippen LogP contribution in [0.25, 0.3) is 0 Å². The number of aliphatic imine (C=N–C) groups is 1. The zero-order chi connectivity index (χ0) is 13.1. The molecule has 0 atom stereocenters. The predicted octanol–water partition coefficient (Wildman–Crippen LogP) is 2.27. The van der Waals surface area contributed by atoms with E-state index >= 15 is 0 Å². The van der Waals surface area contributed by atoms with Gasteiger partial charge in [0.2, 0.25) is 5.96 Å². The van der Waals surface area contributed by atoms with Crippen LogP contribution < -0.4 is 16.0 Å². The highest BCUT2D eigenvalue weighted by Crippen LogP contribution is 2.33. The molecule has 0 radical (unpaired) electrons. The molecule has 0 saturated heterocycles. The van der Waals surface area contributed by atoms with Crippen molar-refractivity contribution < 1.29 is 23.1 Å². The Hall–Kier alpha value is -1.48. The van der Waals surface area contributed by atoms with E-state index in [1.54, 1.807) is 5.48 Å². The number of guanidine groups is 1. The number of benzene rings is 1. The number of hydrogen-bond donors (Lipinski definition) is 3. The Balaban J connectivity index is 2.94. The highest BCUT2D eigenvalue weighted by atomic mass is 79.9. The van der Waals surface area contributed by atoms with Crippen LogP contribution >= 0.6 is 15.9 Å². The fourth-order valence-corrected chi connectivity index (χ4v) is 1.38. The van der Waals surface area contributed by atoms with E-state index in [0.717, 1.165) is 6.07 Å². The van der Waals surface area contributed by atoms with E-state index in [4.69, 9.17) is 10.9 Å².